The Morgan fingerprint density at radius 3 is 2.75 bits per heavy atom. The number of hydrogen-bond donors (Lipinski definition) is 1. The van der Waals surface area contributed by atoms with Crippen molar-refractivity contribution in [1.82, 2.24) is 9.78 Å². The van der Waals surface area contributed by atoms with Crippen molar-refractivity contribution in [1.29, 1.82) is 0 Å². The van der Waals surface area contributed by atoms with E-state index in [1.54, 1.807) is 7.11 Å². The molecule has 1 aromatic carbocycles. The maximum atomic E-state index is 10.8. The van der Waals surface area contributed by atoms with E-state index in [1.165, 1.54) is 0 Å². The number of ether oxygens (including phenoxy) is 1. The molecule has 0 spiro atoms. The molecule has 1 N–H and O–H groups in total. The van der Waals surface area contributed by atoms with Crippen LogP contribution in [0.4, 0.5) is 0 Å². The lowest BCUT2D eigenvalue weighted by Gasteiger charge is -2.35. The zero-order chi connectivity index (χ0) is 14.2. The SMILES string of the molecule is COC1CCC(O)(Cc2nn(C)c3ccccc23)CC1. The first-order valence-electron chi connectivity index (χ1n) is 7.27. The summed E-state index contributed by atoms with van der Waals surface area (Å²) in [5.41, 5.74) is 1.49. The van der Waals surface area contributed by atoms with Gasteiger partial charge in [-0.15, -0.1) is 0 Å². The van der Waals surface area contributed by atoms with Gasteiger partial charge in [0.2, 0.25) is 0 Å². The van der Waals surface area contributed by atoms with Gasteiger partial charge in [-0.1, -0.05) is 18.2 Å². The van der Waals surface area contributed by atoms with E-state index in [4.69, 9.17) is 4.74 Å². The third-order valence-electron chi connectivity index (χ3n) is 4.53. The number of rotatable bonds is 3. The monoisotopic (exact) mass is 274 g/mol. The summed E-state index contributed by atoms with van der Waals surface area (Å²) in [6.07, 6.45) is 4.36. The van der Waals surface area contributed by atoms with E-state index in [9.17, 15) is 5.11 Å². The van der Waals surface area contributed by atoms with Crippen molar-refractivity contribution < 1.29 is 9.84 Å². The molecule has 4 heteroatoms. The maximum Gasteiger partial charge on any atom is 0.0731 e. The molecule has 0 amide bonds. The largest absolute Gasteiger partial charge is 0.389 e. The van der Waals surface area contributed by atoms with Crippen LogP contribution in [-0.2, 0) is 18.2 Å². The van der Waals surface area contributed by atoms with Gasteiger partial charge >= 0.3 is 0 Å². The van der Waals surface area contributed by atoms with Gasteiger partial charge in [0.1, 0.15) is 0 Å². The quantitative estimate of drug-likeness (QED) is 0.935. The molecule has 1 saturated carbocycles. The molecule has 1 aromatic heterocycles. The van der Waals surface area contributed by atoms with Crippen LogP contribution in [0.25, 0.3) is 10.9 Å². The van der Waals surface area contributed by atoms with Gasteiger partial charge < -0.3 is 9.84 Å². The second kappa shape index (κ2) is 5.19. The zero-order valence-electron chi connectivity index (χ0n) is 12.2. The van der Waals surface area contributed by atoms with Gasteiger partial charge in [0, 0.05) is 26.0 Å². The Morgan fingerprint density at radius 1 is 1.35 bits per heavy atom. The summed E-state index contributed by atoms with van der Waals surface area (Å²) in [6.45, 7) is 0. The van der Waals surface area contributed by atoms with Crippen molar-refractivity contribution >= 4 is 10.9 Å². The van der Waals surface area contributed by atoms with E-state index in [0.717, 1.165) is 42.3 Å². The topological polar surface area (TPSA) is 47.3 Å². The highest BCUT2D eigenvalue weighted by Crippen LogP contribution is 2.33. The Kier molecular flexibility index (Phi) is 3.52. The zero-order valence-corrected chi connectivity index (χ0v) is 12.2. The lowest BCUT2D eigenvalue weighted by molar-refractivity contribution is -0.0431. The Labute approximate surface area is 119 Å². The Balaban J connectivity index is 1.83. The smallest absolute Gasteiger partial charge is 0.0731 e. The van der Waals surface area contributed by atoms with Gasteiger partial charge in [0.05, 0.1) is 22.9 Å². The lowest BCUT2D eigenvalue weighted by atomic mass is 9.80. The van der Waals surface area contributed by atoms with Crippen molar-refractivity contribution in [2.24, 2.45) is 7.05 Å². The van der Waals surface area contributed by atoms with Crippen LogP contribution in [0.3, 0.4) is 0 Å². The average Bonchev–Trinajstić information content (AvgIpc) is 2.76. The summed E-state index contributed by atoms with van der Waals surface area (Å²) in [7, 11) is 3.71. The summed E-state index contributed by atoms with van der Waals surface area (Å²) < 4.78 is 7.28. The first-order valence-corrected chi connectivity index (χ1v) is 7.27. The standard InChI is InChI=1S/C16H22N2O2/c1-18-15-6-4-3-5-13(15)14(17-18)11-16(19)9-7-12(20-2)8-10-16/h3-6,12,19H,7-11H2,1-2H3. The van der Waals surface area contributed by atoms with E-state index >= 15 is 0 Å². The molecule has 1 aliphatic rings. The van der Waals surface area contributed by atoms with E-state index in [1.807, 2.05) is 23.9 Å². The van der Waals surface area contributed by atoms with Crippen molar-refractivity contribution in [3.8, 4) is 0 Å². The molecule has 20 heavy (non-hydrogen) atoms. The molecule has 1 heterocycles. The predicted octanol–water partition coefficient (Wildman–Crippen LogP) is 2.44. The van der Waals surface area contributed by atoms with Crippen molar-refractivity contribution in [2.45, 2.75) is 43.8 Å². The maximum absolute atomic E-state index is 10.8. The number of para-hydroxylation sites is 1. The summed E-state index contributed by atoms with van der Waals surface area (Å²) in [5.74, 6) is 0. The molecule has 2 aromatic rings. The van der Waals surface area contributed by atoms with E-state index in [0.29, 0.717) is 12.5 Å². The first-order chi connectivity index (χ1) is 9.61. The molecule has 0 atom stereocenters. The third kappa shape index (κ3) is 2.45. The van der Waals surface area contributed by atoms with Crippen LogP contribution in [0, 0.1) is 0 Å². The fourth-order valence-electron chi connectivity index (χ4n) is 3.27. The highest BCUT2D eigenvalue weighted by Gasteiger charge is 2.34. The first kappa shape index (κ1) is 13.6. The van der Waals surface area contributed by atoms with Gasteiger partial charge in [-0.05, 0) is 31.7 Å². The van der Waals surface area contributed by atoms with Crippen LogP contribution < -0.4 is 0 Å². The number of methoxy groups -OCH3 is 1. The van der Waals surface area contributed by atoms with Gasteiger partial charge in [0.15, 0.2) is 0 Å². The van der Waals surface area contributed by atoms with Crippen molar-refractivity contribution in [3.63, 3.8) is 0 Å². The second-order valence-corrected chi connectivity index (χ2v) is 5.92. The Morgan fingerprint density at radius 2 is 2.05 bits per heavy atom. The van der Waals surface area contributed by atoms with Gasteiger partial charge in [-0.3, -0.25) is 4.68 Å². The normalized spacial score (nSPS) is 27.1. The summed E-state index contributed by atoms with van der Waals surface area (Å²) in [4.78, 5) is 0. The summed E-state index contributed by atoms with van der Waals surface area (Å²) in [5, 5.41) is 16.5. The number of aryl methyl sites for hydroxylation is 1. The lowest BCUT2D eigenvalue weighted by Crippen LogP contribution is -2.38. The molecule has 4 nitrogen and oxygen atoms in total. The van der Waals surface area contributed by atoms with Crippen LogP contribution in [0.5, 0.6) is 0 Å². The highest BCUT2D eigenvalue weighted by molar-refractivity contribution is 5.81. The minimum absolute atomic E-state index is 0.302. The number of aliphatic hydroxyl groups is 1. The average molecular weight is 274 g/mol. The van der Waals surface area contributed by atoms with Gasteiger partial charge in [-0.2, -0.15) is 5.10 Å². The Bertz CT molecular complexity index is 598. The fraction of sp³-hybridized carbons (Fsp3) is 0.562. The third-order valence-corrected chi connectivity index (χ3v) is 4.53. The number of nitrogens with zero attached hydrogens (tertiary/aromatic N) is 2. The van der Waals surface area contributed by atoms with Crippen LogP contribution in [0.1, 0.15) is 31.4 Å². The molecule has 0 bridgehead atoms. The van der Waals surface area contributed by atoms with Crippen LogP contribution in [0.15, 0.2) is 24.3 Å². The molecule has 1 aliphatic carbocycles. The minimum Gasteiger partial charge on any atom is -0.389 e. The Hall–Kier alpha value is -1.39. The van der Waals surface area contributed by atoms with Crippen LogP contribution >= 0.6 is 0 Å². The van der Waals surface area contributed by atoms with E-state index in [2.05, 4.69) is 17.2 Å². The molecular formula is C16H22N2O2. The summed E-state index contributed by atoms with van der Waals surface area (Å²) in [6, 6.07) is 8.20. The number of aromatic nitrogens is 2. The number of benzene rings is 1. The van der Waals surface area contributed by atoms with Crippen molar-refractivity contribution in [2.75, 3.05) is 7.11 Å². The highest BCUT2D eigenvalue weighted by atomic mass is 16.5. The molecule has 0 radical (unpaired) electrons. The molecule has 3 rings (SSSR count). The molecule has 0 saturated heterocycles. The van der Waals surface area contributed by atoms with Crippen LogP contribution in [-0.4, -0.2) is 33.7 Å². The summed E-state index contributed by atoms with van der Waals surface area (Å²) >= 11 is 0. The molecular weight excluding hydrogens is 252 g/mol. The second-order valence-electron chi connectivity index (χ2n) is 5.92. The number of hydrogen-bond acceptors (Lipinski definition) is 3. The molecule has 0 unspecified atom stereocenters. The van der Waals surface area contributed by atoms with E-state index < -0.39 is 5.60 Å². The van der Waals surface area contributed by atoms with E-state index in [-0.39, 0.29) is 0 Å². The van der Waals surface area contributed by atoms with Crippen LogP contribution in [0.2, 0.25) is 0 Å². The molecule has 108 valence electrons. The fourth-order valence-corrected chi connectivity index (χ4v) is 3.27. The van der Waals surface area contributed by atoms with Gasteiger partial charge in [-0.25, -0.2) is 0 Å². The minimum atomic E-state index is -0.633. The molecule has 0 aliphatic heterocycles. The number of fused-ring (bicyclic) bond motifs is 1. The van der Waals surface area contributed by atoms with Crippen molar-refractivity contribution in [3.05, 3.63) is 30.0 Å². The predicted molar refractivity (Wildman–Crippen MR) is 78.6 cm³/mol. The van der Waals surface area contributed by atoms with Gasteiger partial charge in [0.25, 0.3) is 0 Å². The molecule has 1 fully saturated rings.